The van der Waals surface area contributed by atoms with Crippen LogP contribution in [0.2, 0.25) is 0 Å². The Kier molecular flexibility index (Phi) is 4.94. The SMILES string of the molecule is O=C(c1cc2ccc(N3CCN(C4CCCC4)CC3)nc2[nH]1)N1CCOCC1. The molecule has 0 bridgehead atoms. The highest BCUT2D eigenvalue weighted by Gasteiger charge is 2.27. The first-order valence-corrected chi connectivity index (χ1v) is 10.6. The number of hydrogen-bond donors (Lipinski definition) is 1. The third kappa shape index (κ3) is 3.49. The van der Waals surface area contributed by atoms with Crippen LogP contribution in [0.1, 0.15) is 36.2 Å². The quantitative estimate of drug-likeness (QED) is 0.879. The van der Waals surface area contributed by atoms with Crippen LogP contribution in [0.5, 0.6) is 0 Å². The molecule has 4 heterocycles. The number of fused-ring (bicyclic) bond motifs is 1. The fraction of sp³-hybridized carbons (Fsp3) is 0.619. The molecule has 1 amide bonds. The molecule has 0 radical (unpaired) electrons. The molecule has 1 saturated carbocycles. The van der Waals surface area contributed by atoms with Gasteiger partial charge in [0.1, 0.15) is 17.2 Å². The van der Waals surface area contributed by atoms with Gasteiger partial charge in [-0.25, -0.2) is 4.98 Å². The van der Waals surface area contributed by atoms with Crippen molar-refractivity contribution >= 4 is 22.8 Å². The standard InChI is InChI=1S/C21H29N5O2/c27-21(26-11-13-28-14-12-26)18-15-16-5-6-19(23-20(16)22-18)25-9-7-24(8-10-25)17-3-1-2-4-17/h5-6,15,17H,1-4,7-14H2,(H,22,23). The lowest BCUT2D eigenvalue weighted by Crippen LogP contribution is -2.49. The Balaban J connectivity index is 1.28. The fourth-order valence-corrected chi connectivity index (χ4v) is 4.81. The van der Waals surface area contributed by atoms with Crippen molar-refractivity contribution in [1.82, 2.24) is 19.8 Å². The summed E-state index contributed by atoms with van der Waals surface area (Å²) in [6.07, 6.45) is 5.52. The fourth-order valence-electron chi connectivity index (χ4n) is 4.81. The van der Waals surface area contributed by atoms with Crippen molar-refractivity contribution in [1.29, 1.82) is 0 Å². The summed E-state index contributed by atoms with van der Waals surface area (Å²) < 4.78 is 5.34. The van der Waals surface area contributed by atoms with Gasteiger partial charge in [0.25, 0.3) is 5.91 Å². The number of H-pyrrole nitrogens is 1. The zero-order valence-electron chi connectivity index (χ0n) is 16.4. The molecule has 1 N–H and O–H groups in total. The van der Waals surface area contributed by atoms with Crippen LogP contribution < -0.4 is 4.90 Å². The van der Waals surface area contributed by atoms with E-state index in [0.717, 1.165) is 49.1 Å². The van der Waals surface area contributed by atoms with E-state index >= 15 is 0 Å². The van der Waals surface area contributed by atoms with Crippen molar-refractivity contribution in [3.63, 3.8) is 0 Å². The number of pyridine rings is 1. The molecule has 150 valence electrons. The van der Waals surface area contributed by atoms with Crippen LogP contribution >= 0.6 is 0 Å². The molecular weight excluding hydrogens is 354 g/mol. The summed E-state index contributed by atoms with van der Waals surface area (Å²) in [4.78, 5) is 27.7. The van der Waals surface area contributed by atoms with Crippen LogP contribution in [0, 0.1) is 0 Å². The molecule has 1 aliphatic carbocycles. The number of aromatic nitrogens is 2. The maximum Gasteiger partial charge on any atom is 0.270 e. The van der Waals surface area contributed by atoms with Crippen LogP contribution in [-0.4, -0.2) is 84.2 Å². The Morgan fingerprint density at radius 1 is 1.04 bits per heavy atom. The maximum absolute atomic E-state index is 12.7. The maximum atomic E-state index is 12.7. The van der Waals surface area contributed by atoms with Crippen LogP contribution in [0.4, 0.5) is 5.82 Å². The summed E-state index contributed by atoms with van der Waals surface area (Å²) in [6.45, 7) is 6.81. The van der Waals surface area contributed by atoms with E-state index in [4.69, 9.17) is 9.72 Å². The average molecular weight is 383 g/mol. The summed E-state index contributed by atoms with van der Waals surface area (Å²) in [5.41, 5.74) is 1.42. The predicted octanol–water partition coefficient (Wildman–Crippen LogP) is 2.10. The van der Waals surface area contributed by atoms with Crippen LogP contribution in [0.3, 0.4) is 0 Å². The second kappa shape index (κ2) is 7.72. The highest BCUT2D eigenvalue weighted by Crippen LogP contribution is 2.26. The molecule has 2 aromatic heterocycles. The van der Waals surface area contributed by atoms with Gasteiger partial charge in [0, 0.05) is 50.7 Å². The number of rotatable bonds is 3. The molecule has 28 heavy (non-hydrogen) atoms. The molecule has 7 nitrogen and oxygen atoms in total. The Labute approximate surface area is 165 Å². The molecule has 0 unspecified atom stereocenters. The molecule has 7 heteroatoms. The second-order valence-corrected chi connectivity index (χ2v) is 8.16. The first kappa shape index (κ1) is 17.9. The zero-order valence-corrected chi connectivity index (χ0v) is 16.4. The van der Waals surface area contributed by atoms with Gasteiger partial charge >= 0.3 is 0 Å². The molecule has 0 aromatic carbocycles. The highest BCUT2D eigenvalue weighted by molar-refractivity contribution is 5.97. The Bertz CT molecular complexity index is 830. The number of ether oxygens (including phenoxy) is 1. The van der Waals surface area contributed by atoms with Crippen molar-refractivity contribution in [3.8, 4) is 0 Å². The number of nitrogens with one attached hydrogen (secondary N) is 1. The zero-order chi connectivity index (χ0) is 18.9. The minimum atomic E-state index is 0.0352. The molecule has 2 saturated heterocycles. The molecule has 2 aliphatic heterocycles. The summed E-state index contributed by atoms with van der Waals surface area (Å²) in [7, 11) is 0. The van der Waals surface area contributed by atoms with E-state index in [9.17, 15) is 4.79 Å². The number of piperazine rings is 1. The first-order valence-electron chi connectivity index (χ1n) is 10.6. The third-order valence-corrected chi connectivity index (χ3v) is 6.47. The number of aromatic amines is 1. The largest absolute Gasteiger partial charge is 0.378 e. The monoisotopic (exact) mass is 383 g/mol. The Morgan fingerprint density at radius 2 is 1.79 bits per heavy atom. The van der Waals surface area contributed by atoms with E-state index in [0.29, 0.717) is 32.0 Å². The third-order valence-electron chi connectivity index (χ3n) is 6.47. The molecule has 3 aliphatic rings. The summed E-state index contributed by atoms with van der Waals surface area (Å²) in [6, 6.07) is 6.88. The lowest BCUT2D eigenvalue weighted by atomic mass is 10.2. The van der Waals surface area contributed by atoms with Gasteiger partial charge in [-0.2, -0.15) is 0 Å². The number of carbonyl (C=O) groups is 1. The Morgan fingerprint density at radius 3 is 2.54 bits per heavy atom. The summed E-state index contributed by atoms with van der Waals surface area (Å²) >= 11 is 0. The average Bonchev–Trinajstić information content (AvgIpc) is 3.43. The molecule has 2 aromatic rings. The number of amides is 1. The number of carbonyl (C=O) groups excluding carboxylic acids is 1. The highest BCUT2D eigenvalue weighted by atomic mass is 16.5. The van der Waals surface area contributed by atoms with Gasteiger partial charge in [-0.1, -0.05) is 12.8 Å². The van der Waals surface area contributed by atoms with Gasteiger partial charge in [-0.05, 0) is 31.0 Å². The smallest absolute Gasteiger partial charge is 0.270 e. The molecule has 0 spiro atoms. The van der Waals surface area contributed by atoms with Crippen LogP contribution in [0.15, 0.2) is 18.2 Å². The minimum absolute atomic E-state index is 0.0352. The van der Waals surface area contributed by atoms with Crippen molar-refractivity contribution < 1.29 is 9.53 Å². The normalized spacial score (nSPS) is 22.3. The van der Waals surface area contributed by atoms with E-state index in [1.54, 1.807) is 0 Å². The number of nitrogens with zero attached hydrogens (tertiary/aromatic N) is 4. The summed E-state index contributed by atoms with van der Waals surface area (Å²) in [5, 5.41) is 0.991. The number of anilines is 1. The molecule has 5 rings (SSSR count). The van der Waals surface area contributed by atoms with Crippen LogP contribution in [-0.2, 0) is 4.74 Å². The van der Waals surface area contributed by atoms with Crippen molar-refractivity contribution in [2.45, 2.75) is 31.7 Å². The van der Waals surface area contributed by atoms with Gasteiger partial charge in [0.05, 0.1) is 13.2 Å². The number of hydrogen-bond acceptors (Lipinski definition) is 5. The lowest BCUT2D eigenvalue weighted by Gasteiger charge is -2.38. The van der Waals surface area contributed by atoms with E-state index < -0.39 is 0 Å². The Hall–Kier alpha value is -2.12. The first-order chi connectivity index (χ1) is 13.8. The van der Waals surface area contributed by atoms with E-state index in [2.05, 4.69) is 26.9 Å². The second-order valence-electron chi connectivity index (χ2n) is 8.16. The molecular formula is C21H29N5O2. The van der Waals surface area contributed by atoms with Gasteiger partial charge < -0.3 is 19.5 Å². The van der Waals surface area contributed by atoms with Gasteiger partial charge in [0.2, 0.25) is 0 Å². The predicted molar refractivity (Wildman–Crippen MR) is 109 cm³/mol. The van der Waals surface area contributed by atoms with Crippen LogP contribution in [0.25, 0.3) is 11.0 Å². The van der Waals surface area contributed by atoms with Gasteiger partial charge in [-0.15, -0.1) is 0 Å². The summed E-state index contributed by atoms with van der Waals surface area (Å²) in [5.74, 6) is 1.04. The molecule has 0 atom stereocenters. The van der Waals surface area contributed by atoms with Gasteiger partial charge in [-0.3, -0.25) is 9.69 Å². The van der Waals surface area contributed by atoms with E-state index in [1.807, 2.05) is 11.0 Å². The molecule has 3 fully saturated rings. The lowest BCUT2D eigenvalue weighted by molar-refractivity contribution is 0.0299. The van der Waals surface area contributed by atoms with Gasteiger partial charge in [0.15, 0.2) is 0 Å². The number of morpholine rings is 1. The van der Waals surface area contributed by atoms with E-state index in [-0.39, 0.29) is 5.91 Å². The van der Waals surface area contributed by atoms with E-state index in [1.165, 1.54) is 25.7 Å². The van der Waals surface area contributed by atoms with Crippen molar-refractivity contribution in [2.75, 3.05) is 57.4 Å². The van der Waals surface area contributed by atoms with Crippen molar-refractivity contribution in [2.24, 2.45) is 0 Å². The minimum Gasteiger partial charge on any atom is -0.378 e. The van der Waals surface area contributed by atoms with Crippen molar-refractivity contribution in [3.05, 3.63) is 23.9 Å². The topological polar surface area (TPSA) is 64.7 Å².